The summed E-state index contributed by atoms with van der Waals surface area (Å²) in [4.78, 5) is 29.3. The van der Waals surface area contributed by atoms with E-state index >= 15 is 0 Å². The van der Waals surface area contributed by atoms with Crippen LogP contribution < -0.4 is 5.32 Å². The summed E-state index contributed by atoms with van der Waals surface area (Å²) in [6, 6.07) is 0.358. The van der Waals surface area contributed by atoms with E-state index < -0.39 is 5.97 Å². The third kappa shape index (κ3) is 3.18. The van der Waals surface area contributed by atoms with Gasteiger partial charge < -0.3 is 15.3 Å². The molecule has 2 aliphatic rings. The monoisotopic (exact) mass is 309 g/mol. The van der Waals surface area contributed by atoms with Crippen molar-refractivity contribution in [3.05, 3.63) is 16.6 Å². The van der Waals surface area contributed by atoms with Crippen molar-refractivity contribution in [2.45, 2.75) is 50.7 Å². The quantitative estimate of drug-likeness (QED) is 0.892. The number of thiazole rings is 1. The van der Waals surface area contributed by atoms with E-state index in [1.54, 1.807) is 5.51 Å². The van der Waals surface area contributed by atoms with Gasteiger partial charge in [-0.3, -0.25) is 4.79 Å². The number of urea groups is 1. The van der Waals surface area contributed by atoms with Crippen molar-refractivity contribution >= 4 is 23.3 Å². The van der Waals surface area contributed by atoms with Crippen LogP contribution >= 0.6 is 11.3 Å². The number of aromatic nitrogens is 1. The molecule has 2 amide bonds. The number of carboxylic acids is 1. The average Bonchev–Trinajstić information content (AvgIpc) is 3.02. The first kappa shape index (κ1) is 14.3. The molecule has 2 saturated heterocycles. The lowest BCUT2D eigenvalue weighted by atomic mass is 9.88. The second-order valence-corrected chi connectivity index (χ2v) is 6.58. The number of nitrogens with one attached hydrogen (secondary N) is 1. The van der Waals surface area contributed by atoms with Crippen LogP contribution in [0.15, 0.2) is 10.9 Å². The maximum Gasteiger partial charge on any atom is 0.318 e. The number of hydrogen-bond acceptors (Lipinski definition) is 4. The van der Waals surface area contributed by atoms with Crippen LogP contribution in [-0.2, 0) is 11.3 Å². The van der Waals surface area contributed by atoms with E-state index in [0.29, 0.717) is 6.54 Å². The Labute approximate surface area is 127 Å². The van der Waals surface area contributed by atoms with Gasteiger partial charge in [-0.05, 0) is 31.6 Å². The molecule has 1 aromatic rings. The largest absolute Gasteiger partial charge is 0.481 e. The molecule has 2 N–H and O–H groups in total. The van der Waals surface area contributed by atoms with Crippen LogP contribution in [0.1, 0.15) is 37.8 Å². The normalized spacial score (nSPS) is 27.6. The summed E-state index contributed by atoms with van der Waals surface area (Å²) in [5.74, 6) is -0.525. The molecule has 2 bridgehead atoms. The Morgan fingerprint density at radius 1 is 1.38 bits per heavy atom. The first-order valence-electron chi connectivity index (χ1n) is 7.28. The van der Waals surface area contributed by atoms with E-state index in [1.165, 1.54) is 11.3 Å². The van der Waals surface area contributed by atoms with E-state index in [9.17, 15) is 9.59 Å². The lowest BCUT2D eigenvalue weighted by molar-refractivity contribution is -0.138. The van der Waals surface area contributed by atoms with Crippen LogP contribution in [-0.4, -0.2) is 39.1 Å². The SMILES string of the molecule is O=C(O)CC1CC2CCC(C1)N2C(=O)NCc1cscn1. The molecule has 2 atom stereocenters. The third-order valence-electron chi connectivity index (χ3n) is 4.43. The van der Waals surface area contributed by atoms with Crippen LogP contribution in [0.2, 0.25) is 0 Å². The summed E-state index contributed by atoms with van der Waals surface area (Å²) >= 11 is 1.51. The molecule has 0 spiro atoms. The third-order valence-corrected chi connectivity index (χ3v) is 5.07. The highest BCUT2D eigenvalue weighted by Gasteiger charge is 2.43. The number of aliphatic carboxylic acids is 1. The van der Waals surface area contributed by atoms with E-state index in [4.69, 9.17) is 5.11 Å². The van der Waals surface area contributed by atoms with Gasteiger partial charge in [0.05, 0.1) is 17.7 Å². The number of fused-ring (bicyclic) bond motifs is 2. The minimum atomic E-state index is -0.735. The summed E-state index contributed by atoms with van der Waals surface area (Å²) < 4.78 is 0. The summed E-state index contributed by atoms with van der Waals surface area (Å²) in [5.41, 5.74) is 2.63. The molecule has 114 valence electrons. The second kappa shape index (κ2) is 6.01. The topological polar surface area (TPSA) is 82.5 Å². The van der Waals surface area contributed by atoms with Gasteiger partial charge in [0.15, 0.2) is 0 Å². The van der Waals surface area contributed by atoms with E-state index in [-0.39, 0.29) is 30.5 Å². The highest BCUT2D eigenvalue weighted by molar-refractivity contribution is 7.07. The Hall–Kier alpha value is -1.63. The zero-order valence-electron chi connectivity index (χ0n) is 11.7. The van der Waals surface area contributed by atoms with Gasteiger partial charge in [-0.1, -0.05) is 0 Å². The van der Waals surface area contributed by atoms with Crippen molar-refractivity contribution in [3.63, 3.8) is 0 Å². The Morgan fingerprint density at radius 2 is 2.10 bits per heavy atom. The minimum Gasteiger partial charge on any atom is -0.481 e. The van der Waals surface area contributed by atoms with Gasteiger partial charge in [-0.25, -0.2) is 9.78 Å². The van der Waals surface area contributed by atoms with Gasteiger partial charge in [0.2, 0.25) is 0 Å². The highest BCUT2D eigenvalue weighted by Crippen LogP contribution is 2.39. The molecule has 0 aliphatic carbocycles. The van der Waals surface area contributed by atoms with Crippen LogP contribution in [0.5, 0.6) is 0 Å². The van der Waals surface area contributed by atoms with Crippen LogP contribution in [0.25, 0.3) is 0 Å². The molecular formula is C14H19N3O3S. The molecule has 21 heavy (non-hydrogen) atoms. The molecule has 0 saturated carbocycles. The summed E-state index contributed by atoms with van der Waals surface area (Å²) in [5, 5.41) is 13.8. The van der Waals surface area contributed by atoms with Gasteiger partial charge in [0.25, 0.3) is 0 Å². The van der Waals surface area contributed by atoms with Gasteiger partial charge in [0.1, 0.15) is 0 Å². The molecule has 0 radical (unpaired) electrons. The zero-order chi connectivity index (χ0) is 14.8. The van der Waals surface area contributed by atoms with Crippen molar-refractivity contribution in [2.75, 3.05) is 0 Å². The maximum absolute atomic E-state index is 12.4. The zero-order valence-corrected chi connectivity index (χ0v) is 12.5. The standard InChI is InChI=1S/C14H19N3O3S/c18-13(19)5-9-3-11-1-2-12(4-9)17(11)14(20)15-6-10-7-21-8-16-10/h7-9,11-12H,1-6H2,(H,15,20)(H,18,19). The van der Waals surface area contributed by atoms with Crippen LogP contribution in [0.3, 0.4) is 0 Å². The van der Waals surface area contributed by atoms with Crippen LogP contribution in [0.4, 0.5) is 4.79 Å². The Morgan fingerprint density at radius 3 is 2.67 bits per heavy atom. The van der Waals surface area contributed by atoms with Crippen molar-refractivity contribution in [3.8, 4) is 0 Å². The van der Waals surface area contributed by atoms with Gasteiger partial charge in [-0.2, -0.15) is 0 Å². The van der Waals surface area contributed by atoms with Crippen LogP contribution in [0, 0.1) is 5.92 Å². The molecule has 1 aromatic heterocycles. The first-order chi connectivity index (χ1) is 10.1. The molecule has 3 rings (SSSR count). The van der Waals surface area contributed by atoms with Crippen molar-refractivity contribution in [2.24, 2.45) is 5.92 Å². The van der Waals surface area contributed by atoms with E-state index in [0.717, 1.165) is 31.4 Å². The van der Waals surface area contributed by atoms with Gasteiger partial charge in [-0.15, -0.1) is 11.3 Å². The Kier molecular flexibility index (Phi) is 4.10. The summed E-state index contributed by atoms with van der Waals surface area (Å²) in [6.07, 6.45) is 3.83. The summed E-state index contributed by atoms with van der Waals surface area (Å²) in [7, 11) is 0. The van der Waals surface area contributed by atoms with Crippen molar-refractivity contribution < 1.29 is 14.7 Å². The molecule has 0 aromatic carbocycles. The number of carbonyl (C=O) groups excluding carboxylic acids is 1. The van der Waals surface area contributed by atoms with Gasteiger partial charge >= 0.3 is 12.0 Å². The average molecular weight is 309 g/mol. The minimum absolute atomic E-state index is 0.0377. The first-order valence-corrected chi connectivity index (χ1v) is 8.22. The van der Waals surface area contributed by atoms with Crippen molar-refractivity contribution in [1.82, 2.24) is 15.2 Å². The van der Waals surface area contributed by atoms with E-state index in [1.807, 2.05) is 10.3 Å². The Balaban J connectivity index is 1.57. The fraction of sp³-hybridized carbons (Fsp3) is 0.643. The molecule has 6 nitrogen and oxygen atoms in total. The number of carboxylic acid groups (broad SMARTS) is 1. The molecule has 2 unspecified atom stereocenters. The lowest BCUT2D eigenvalue weighted by Gasteiger charge is -2.38. The molecule has 2 aliphatic heterocycles. The second-order valence-electron chi connectivity index (χ2n) is 5.87. The number of hydrogen-bond donors (Lipinski definition) is 2. The lowest BCUT2D eigenvalue weighted by Crippen LogP contribution is -2.50. The number of amides is 2. The fourth-order valence-corrected chi connectivity index (χ4v) is 4.18. The number of piperidine rings is 1. The molecular weight excluding hydrogens is 290 g/mol. The summed E-state index contributed by atoms with van der Waals surface area (Å²) in [6.45, 7) is 0.455. The number of rotatable bonds is 4. The van der Waals surface area contributed by atoms with Gasteiger partial charge in [0, 0.05) is 23.9 Å². The number of nitrogens with zero attached hydrogens (tertiary/aromatic N) is 2. The maximum atomic E-state index is 12.4. The smallest absolute Gasteiger partial charge is 0.318 e. The fourth-order valence-electron chi connectivity index (χ4n) is 3.62. The Bertz CT molecular complexity index is 506. The molecule has 3 heterocycles. The molecule has 7 heteroatoms. The number of carbonyl (C=O) groups is 2. The predicted molar refractivity (Wildman–Crippen MR) is 78.0 cm³/mol. The van der Waals surface area contributed by atoms with E-state index in [2.05, 4.69) is 10.3 Å². The molecule has 2 fully saturated rings. The van der Waals surface area contributed by atoms with Crippen molar-refractivity contribution in [1.29, 1.82) is 0 Å². The predicted octanol–water partition coefficient (Wildman–Crippen LogP) is 2.07. The highest BCUT2D eigenvalue weighted by atomic mass is 32.1.